The highest BCUT2D eigenvalue weighted by atomic mass is 35.5. The maximum Gasteiger partial charge on any atom is 0.0604 e. The first-order chi connectivity index (χ1) is 7.24. The zero-order valence-corrected chi connectivity index (χ0v) is 9.85. The minimum atomic E-state index is -0.974. The Kier molecular flexibility index (Phi) is 3.44. The van der Waals surface area contributed by atoms with Crippen molar-refractivity contribution in [3.8, 4) is 0 Å². The highest BCUT2D eigenvalue weighted by Crippen LogP contribution is 2.38. The van der Waals surface area contributed by atoms with Crippen LogP contribution in [0.1, 0.15) is 22.8 Å². The van der Waals surface area contributed by atoms with Crippen molar-refractivity contribution in [2.45, 2.75) is 18.1 Å². The van der Waals surface area contributed by atoms with Crippen molar-refractivity contribution in [2.75, 3.05) is 12.4 Å². The van der Waals surface area contributed by atoms with Gasteiger partial charge in [0.15, 0.2) is 0 Å². The maximum atomic E-state index is 11.8. The molecule has 15 heavy (non-hydrogen) atoms. The predicted octanol–water partition coefficient (Wildman–Crippen LogP) is 2.07. The van der Waals surface area contributed by atoms with Gasteiger partial charge in [-0.15, -0.1) is 0 Å². The van der Waals surface area contributed by atoms with Crippen LogP contribution in [0.2, 0.25) is 5.02 Å². The Labute approximate surface area is 96.7 Å². The van der Waals surface area contributed by atoms with Crippen LogP contribution < -0.4 is 0 Å². The van der Waals surface area contributed by atoms with Crippen LogP contribution in [0.15, 0.2) is 18.2 Å². The van der Waals surface area contributed by atoms with Crippen LogP contribution in [0.4, 0.5) is 0 Å². The van der Waals surface area contributed by atoms with Gasteiger partial charge in [-0.3, -0.25) is 4.21 Å². The number of hydrogen-bond acceptors (Lipinski definition) is 2. The van der Waals surface area contributed by atoms with E-state index in [0.29, 0.717) is 5.75 Å². The van der Waals surface area contributed by atoms with Crippen molar-refractivity contribution in [2.24, 2.45) is 0 Å². The molecule has 0 saturated carbocycles. The average molecular weight is 245 g/mol. The van der Waals surface area contributed by atoms with Gasteiger partial charge in [-0.2, -0.15) is 0 Å². The van der Waals surface area contributed by atoms with Crippen LogP contribution in [-0.4, -0.2) is 21.7 Å². The molecule has 0 radical (unpaired) electrons. The fraction of sp³-hybridized carbons (Fsp3) is 0.455. The molecule has 2 nitrogen and oxygen atoms in total. The SMILES string of the molecule is O=[S@@](CCO)[C@@H]1CCc2c(Cl)cccc21. The highest BCUT2D eigenvalue weighted by molar-refractivity contribution is 7.85. The predicted molar refractivity (Wildman–Crippen MR) is 62.6 cm³/mol. The van der Waals surface area contributed by atoms with Crippen LogP contribution in [0.25, 0.3) is 0 Å². The van der Waals surface area contributed by atoms with Crippen molar-refractivity contribution >= 4 is 22.4 Å². The van der Waals surface area contributed by atoms with Gasteiger partial charge in [-0.25, -0.2) is 0 Å². The van der Waals surface area contributed by atoms with E-state index < -0.39 is 10.8 Å². The number of halogens is 1. The molecule has 1 aromatic carbocycles. The van der Waals surface area contributed by atoms with Crippen molar-refractivity contribution in [3.63, 3.8) is 0 Å². The van der Waals surface area contributed by atoms with Crippen molar-refractivity contribution in [1.29, 1.82) is 0 Å². The fourth-order valence-electron chi connectivity index (χ4n) is 2.08. The van der Waals surface area contributed by atoms with E-state index in [-0.39, 0.29) is 11.9 Å². The lowest BCUT2D eigenvalue weighted by molar-refractivity contribution is 0.321. The Morgan fingerprint density at radius 3 is 3.07 bits per heavy atom. The fourth-order valence-corrected chi connectivity index (χ4v) is 3.70. The molecule has 0 amide bonds. The number of benzene rings is 1. The third kappa shape index (κ3) is 2.10. The number of aliphatic hydroxyl groups is 1. The molecule has 0 unspecified atom stereocenters. The summed E-state index contributed by atoms with van der Waals surface area (Å²) in [5.41, 5.74) is 2.24. The second-order valence-corrected chi connectivity index (χ2v) is 5.79. The number of hydrogen-bond donors (Lipinski definition) is 1. The second-order valence-electron chi connectivity index (χ2n) is 3.64. The first-order valence-corrected chi connectivity index (χ1v) is 6.75. The zero-order chi connectivity index (χ0) is 10.8. The van der Waals surface area contributed by atoms with Crippen LogP contribution in [0.3, 0.4) is 0 Å². The lowest BCUT2D eigenvalue weighted by Crippen LogP contribution is -2.09. The number of aliphatic hydroxyl groups excluding tert-OH is 1. The highest BCUT2D eigenvalue weighted by Gasteiger charge is 2.28. The van der Waals surface area contributed by atoms with Gasteiger partial charge in [-0.05, 0) is 30.0 Å². The molecule has 2 rings (SSSR count). The van der Waals surface area contributed by atoms with E-state index in [4.69, 9.17) is 16.7 Å². The number of rotatable bonds is 3. The Balaban J connectivity index is 2.29. The summed E-state index contributed by atoms with van der Waals surface area (Å²) in [6.45, 7) is -0.0149. The summed E-state index contributed by atoms with van der Waals surface area (Å²) in [4.78, 5) is 0. The van der Waals surface area contributed by atoms with Crippen LogP contribution >= 0.6 is 11.6 Å². The van der Waals surface area contributed by atoms with Gasteiger partial charge in [0.05, 0.1) is 11.9 Å². The molecule has 0 bridgehead atoms. The van der Waals surface area contributed by atoms with Gasteiger partial charge < -0.3 is 5.11 Å². The molecule has 1 aliphatic rings. The Bertz CT molecular complexity index is 392. The average Bonchev–Trinajstić information content (AvgIpc) is 2.63. The van der Waals surface area contributed by atoms with Crippen LogP contribution in [-0.2, 0) is 17.2 Å². The van der Waals surface area contributed by atoms with Crippen molar-refractivity contribution in [1.82, 2.24) is 0 Å². The summed E-state index contributed by atoms with van der Waals surface area (Å²) in [6, 6.07) is 5.77. The lowest BCUT2D eigenvalue weighted by atomic mass is 10.1. The molecule has 0 fully saturated rings. The molecule has 4 heteroatoms. The summed E-state index contributed by atoms with van der Waals surface area (Å²) >= 11 is 6.07. The van der Waals surface area contributed by atoms with Gasteiger partial charge >= 0.3 is 0 Å². The van der Waals surface area contributed by atoms with E-state index in [1.54, 1.807) is 0 Å². The third-order valence-electron chi connectivity index (χ3n) is 2.77. The quantitative estimate of drug-likeness (QED) is 0.884. The molecular formula is C11H13ClO2S. The minimum absolute atomic E-state index is 0.0149. The molecule has 0 saturated heterocycles. The smallest absolute Gasteiger partial charge is 0.0604 e. The second kappa shape index (κ2) is 4.64. The first-order valence-electron chi connectivity index (χ1n) is 4.99. The molecule has 2 atom stereocenters. The molecule has 0 aliphatic heterocycles. The molecule has 1 aliphatic carbocycles. The van der Waals surface area contributed by atoms with E-state index >= 15 is 0 Å². The zero-order valence-electron chi connectivity index (χ0n) is 8.28. The minimum Gasteiger partial charge on any atom is -0.395 e. The standard InChI is InChI=1S/C11H13ClO2S/c12-10-3-1-2-9-8(10)4-5-11(9)15(14)7-6-13/h1-3,11,13H,4-7H2/t11-,15+/m1/s1. The van der Waals surface area contributed by atoms with Crippen molar-refractivity contribution < 1.29 is 9.32 Å². The van der Waals surface area contributed by atoms with Gasteiger partial charge in [-0.1, -0.05) is 23.7 Å². The lowest BCUT2D eigenvalue weighted by Gasteiger charge is -2.10. The monoisotopic (exact) mass is 244 g/mol. The Morgan fingerprint density at radius 2 is 2.33 bits per heavy atom. The Hall–Kier alpha value is -0.380. The molecule has 0 spiro atoms. The van der Waals surface area contributed by atoms with Crippen LogP contribution in [0.5, 0.6) is 0 Å². The summed E-state index contributed by atoms with van der Waals surface area (Å²) in [5, 5.41) is 9.62. The van der Waals surface area contributed by atoms with E-state index in [1.807, 2.05) is 18.2 Å². The Morgan fingerprint density at radius 1 is 1.53 bits per heavy atom. The summed E-state index contributed by atoms with van der Waals surface area (Å²) in [5.74, 6) is 0.358. The maximum absolute atomic E-state index is 11.8. The van der Waals surface area contributed by atoms with E-state index in [0.717, 1.165) is 29.0 Å². The topological polar surface area (TPSA) is 37.3 Å². The van der Waals surface area contributed by atoms with E-state index in [2.05, 4.69) is 0 Å². The molecule has 1 N–H and O–H groups in total. The molecule has 0 heterocycles. The first kappa shape index (κ1) is 11.1. The molecule has 0 aromatic heterocycles. The van der Waals surface area contributed by atoms with Crippen LogP contribution in [0, 0.1) is 0 Å². The summed E-state index contributed by atoms with van der Waals surface area (Å²) in [6.07, 6.45) is 1.78. The summed E-state index contributed by atoms with van der Waals surface area (Å²) < 4.78 is 11.8. The molecular weight excluding hydrogens is 232 g/mol. The van der Waals surface area contributed by atoms with Gasteiger partial charge in [0, 0.05) is 21.6 Å². The molecule has 82 valence electrons. The van der Waals surface area contributed by atoms with Gasteiger partial charge in [0.1, 0.15) is 0 Å². The molecule has 1 aromatic rings. The van der Waals surface area contributed by atoms with E-state index in [1.165, 1.54) is 0 Å². The normalized spacial score (nSPS) is 21.3. The number of fused-ring (bicyclic) bond motifs is 1. The van der Waals surface area contributed by atoms with E-state index in [9.17, 15) is 4.21 Å². The largest absolute Gasteiger partial charge is 0.395 e. The van der Waals surface area contributed by atoms with Gasteiger partial charge in [0.25, 0.3) is 0 Å². The third-order valence-corrected chi connectivity index (χ3v) is 4.83. The van der Waals surface area contributed by atoms with Crippen molar-refractivity contribution in [3.05, 3.63) is 34.3 Å². The summed E-state index contributed by atoms with van der Waals surface area (Å²) in [7, 11) is -0.974. The van der Waals surface area contributed by atoms with Gasteiger partial charge in [0.2, 0.25) is 0 Å².